The molecule has 3 rings (SSSR count). The Balaban J connectivity index is 2.32. The van der Waals surface area contributed by atoms with Crippen LogP contribution >= 0.6 is 0 Å². The highest BCUT2D eigenvalue weighted by molar-refractivity contribution is 6.01. The summed E-state index contributed by atoms with van der Waals surface area (Å²) in [5.41, 5.74) is 2.46. The van der Waals surface area contributed by atoms with Gasteiger partial charge in [-0.2, -0.15) is 0 Å². The van der Waals surface area contributed by atoms with Crippen LogP contribution in [0.3, 0.4) is 0 Å². The Morgan fingerprint density at radius 1 is 0.759 bits per heavy atom. The second-order valence-electron chi connectivity index (χ2n) is 6.22. The van der Waals surface area contributed by atoms with Gasteiger partial charge in [0.05, 0.1) is 7.11 Å². The second kappa shape index (κ2) is 8.52. The van der Waals surface area contributed by atoms with Gasteiger partial charge in [-0.3, -0.25) is 0 Å². The molecule has 0 unspecified atom stereocenters. The lowest BCUT2D eigenvalue weighted by atomic mass is 9.98. The highest BCUT2D eigenvalue weighted by Crippen LogP contribution is 2.46. The van der Waals surface area contributed by atoms with Crippen LogP contribution in [0.4, 0.5) is 9.59 Å². The second-order valence-corrected chi connectivity index (χ2v) is 6.22. The van der Waals surface area contributed by atoms with Crippen molar-refractivity contribution in [3.05, 3.63) is 54.1 Å². The minimum Gasteiger partial charge on any atom is -0.492 e. The zero-order valence-corrected chi connectivity index (χ0v) is 16.7. The quantitative estimate of drug-likeness (QED) is 0.691. The Morgan fingerprint density at radius 2 is 1.38 bits per heavy atom. The number of carbonyl (C=O) groups excluding carboxylic acids is 2. The summed E-state index contributed by atoms with van der Waals surface area (Å²) in [7, 11) is 4.42. The first kappa shape index (κ1) is 20.0. The Bertz CT molecular complexity index is 1060. The van der Waals surface area contributed by atoms with E-state index in [4.69, 9.17) is 14.2 Å². The molecule has 29 heavy (non-hydrogen) atoms. The van der Waals surface area contributed by atoms with Crippen molar-refractivity contribution >= 4 is 23.0 Å². The average molecular weight is 394 g/mol. The minimum atomic E-state index is -0.629. The molecular weight excluding hydrogens is 372 g/mol. The number of nitrogens with one attached hydrogen (secondary N) is 2. The van der Waals surface area contributed by atoms with Gasteiger partial charge in [-0.05, 0) is 30.2 Å². The highest BCUT2D eigenvalue weighted by Gasteiger charge is 2.23. The first-order chi connectivity index (χ1) is 14.0. The van der Waals surface area contributed by atoms with E-state index >= 15 is 0 Å². The number of ether oxygens (including phenoxy) is 3. The SMILES string of the molecule is CNC(=O)Oc1c(C)c(OC)c(OC(=O)NC)c2ccc(-c3ccccc3)cc12. The lowest BCUT2D eigenvalue weighted by Gasteiger charge is -2.19. The largest absolute Gasteiger partial charge is 0.492 e. The summed E-state index contributed by atoms with van der Waals surface area (Å²) < 4.78 is 16.5. The van der Waals surface area contributed by atoms with Gasteiger partial charge in [-0.1, -0.05) is 36.4 Å². The number of methoxy groups -OCH3 is 1. The Kier molecular flexibility index (Phi) is 5.87. The average Bonchev–Trinajstić information content (AvgIpc) is 2.76. The van der Waals surface area contributed by atoms with E-state index in [2.05, 4.69) is 10.6 Å². The summed E-state index contributed by atoms with van der Waals surface area (Å²) in [5.74, 6) is 0.897. The van der Waals surface area contributed by atoms with Crippen LogP contribution < -0.4 is 24.8 Å². The number of carbonyl (C=O) groups is 2. The molecule has 2 amide bonds. The van der Waals surface area contributed by atoms with Gasteiger partial charge in [0.1, 0.15) is 5.75 Å². The van der Waals surface area contributed by atoms with Crippen molar-refractivity contribution in [2.24, 2.45) is 0 Å². The topological polar surface area (TPSA) is 85.9 Å². The van der Waals surface area contributed by atoms with Crippen LogP contribution in [-0.2, 0) is 0 Å². The lowest BCUT2D eigenvalue weighted by Crippen LogP contribution is -2.24. The van der Waals surface area contributed by atoms with Crippen LogP contribution in [0.25, 0.3) is 21.9 Å². The standard InChI is InChI=1S/C22H22N2O5/c1-13-18(28-21(25)23-2)17-12-15(14-8-6-5-7-9-14)10-11-16(17)20(19(13)27-4)29-22(26)24-3/h5-12H,1-4H3,(H,23,25)(H,24,26). The molecule has 0 fully saturated rings. The van der Waals surface area contributed by atoms with Gasteiger partial charge in [0.25, 0.3) is 0 Å². The maximum Gasteiger partial charge on any atom is 0.412 e. The van der Waals surface area contributed by atoms with Crippen LogP contribution in [0.2, 0.25) is 0 Å². The third kappa shape index (κ3) is 3.94. The number of fused-ring (bicyclic) bond motifs is 1. The molecule has 7 nitrogen and oxygen atoms in total. The Morgan fingerprint density at radius 3 is 1.97 bits per heavy atom. The van der Waals surface area contributed by atoms with Gasteiger partial charge in [0.2, 0.25) is 0 Å². The zero-order valence-electron chi connectivity index (χ0n) is 16.7. The molecule has 0 heterocycles. The van der Waals surface area contributed by atoms with Gasteiger partial charge < -0.3 is 24.8 Å². The monoisotopic (exact) mass is 394 g/mol. The van der Waals surface area contributed by atoms with Crippen molar-refractivity contribution in [3.8, 4) is 28.4 Å². The van der Waals surface area contributed by atoms with Gasteiger partial charge in [0.15, 0.2) is 11.5 Å². The van der Waals surface area contributed by atoms with E-state index in [0.717, 1.165) is 11.1 Å². The van der Waals surface area contributed by atoms with E-state index < -0.39 is 12.2 Å². The van der Waals surface area contributed by atoms with Gasteiger partial charge >= 0.3 is 12.2 Å². The molecule has 0 saturated carbocycles. The van der Waals surface area contributed by atoms with E-state index in [9.17, 15) is 9.59 Å². The van der Waals surface area contributed by atoms with E-state index in [0.29, 0.717) is 27.8 Å². The molecule has 0 radical (unpaired) electrons. The molecular formula is C22H22N2O5. The summed E-state index contributed by atoms with van der Waals surface area (Å²) in [6, 6.07) is 15.4. The molecule has 0 bridgehead atoms. The molecule has 0 saturated heterocycles. The molecule has 150 valence electrons. The number of hydrogen-bond donors (Lipinski definition) is 2. The van der Waals surface area contributed by atoms with Crippen molar-refractivity contribution < 1.29 is 23.8 Å². The van der Waals surface area contributed by atoms with Crippen LogP contribution in [-0.4, -0.2) is 33.4 Å². The van der Waals surface area contributed by atoms with E-state index in [-0.39, 0.29) is 5.75 Å². The van der Waals surface area contributed by atoms with Gasteiger partial charge in [-0.25, -0.2) is 9.59 Å². The van der Waals surface area contributed by atoms with E-state index in [1.54, 1.807) is 6.92 Å². The fraction of sp³-hybridized carbons (Fsp3) is 0.182. The molecule has 0 spiro atoms. The fourth-order valence-electron chi connectivity index (χ4n) is 3.10. The van der Waals surface area contributed by atoms with Gasteiger partial charge in [0, 0.05) is 30.4 Å². The first-order valence-electron chi connectivity index (χ1n) is 8.99. The number of benzene rings is 3. The van der Waals surface area contributed by atoms with E-state index in [1.165, 1.54) is 21.2 Å². The lowest BCUT2D eigenvalue weighted by molar-refractivity contribution is 0.199. The van der Waals surface area contributed by atoms with Crippen molar-refractivity contribution in [2.75, 3.05) is 21.2 Å². The third-order valence-corrected chi connectivity index (χ3v) is 4.51. The van der Waals surface area contributed by atoms with Crippen LogP contribution in [0.5, 0.6) is 17.2 Å². The Labute approximate surface area is 168 Å². The van der Waals surface area contributed by atoms with Crippen molar-refractivity contribution in [2.45, 2.75) is 6.92 Å². The van der Waals surface area contributed by atoms with Crippen LogP contribution in [0.1, 0.15) is 5.56 Å². The number of amides is 2. The third-order valence-electron chi connectivity index (χ3n) is 4.51. The predicted octanol–water partition coefficient (Wildman–Crippen LogP) is 4.26. The van der Waals surface area contributed by atoms with Crippen molar-refractivity contribution in [3.63, 3.8) is 0 Å². The molecule has 3 aromatic carbocycles. The zero-order chi connectivity index (χ0) is 21.0. The molecule has 0 aromatic heterocycles. The maximum atomic E-state index is 12.0. The number of hydrogen-bond acceptors (Lipinski definition) is 5. The maximum absolute atomic E-state index is 12.0. The molecule has 0 aliphatic carbocycles. The predicted molar refractivity (Wildman–Crippen MR) is 111 cm³/mol. The minimum absolute atomic E-state index is 0.253. The van der Waals surface area contributed by atoms with E-state index in [1.807, 2.05) is 48.5 Å². The molecule has 0 aliphatic heterocycles. The molecule has 2 N–H and O–H groups in total. The highest BCUT2D eigenvalue weighted by atomic mass is 16.6. The smallest absolute Gasteiger partial charge is 0.412 e. The summed E-state index contributed by atoms with van der Waals surface area (Å²) in [6.45, 7) is 1.74. The Hall–Kier alpha value is -3.74. The van der Waals surface area contributed by atoms with Crippen LogP contribution in [0.15, 0.2) is 48.5 Å². The normalized spacial score (nSPS) is 10.3. The van der Waals surface area contributed by atoms with Crippen LogP contribution in [0, 0.1) is 6.92 Å². The first-order valence-corrected chi connectivity index (χ1v) is 8.99. The molecule has 0 atom stereocenters. The molecule has 3 aromatic rings. The molecule has 0 aliphatic rings. The summed E-state index contributed by atoms with van der Waals surface area (Å²) >= 11 is 0. The molecule has 7 heteroatoms. The number of rotatable bonds is 4. The summed E-state index contributed by atoms with van der Waals surface area (Å²) in [5, 5.41) is 6.07. The van der Waals surface area contributed by atoms with Gasteiger partial charge in [-0.15, -0.1) is 0 Å². The summed E-state index contributed by atoms with van der Waals surface area (Å²) in [4.78, 5) is 23.9. The fourth-order valence-corrected chi connectivity index (χ4v) is 3.10. The summed E-state index contributed by atoms with van der Waals surface area (Å²) in [6.07, 6.45) is -1.24. The van der Waals surface area contributed by atoms with Crippen molar-refractivity contribution in [1.82, 2.24) is 10.6 Å². The van der Waals surface area contributed by atoms with Crippen molar-refractivity contribution in [1.29, 1.82) is 0 Å².